The van der Waals surface area contributed by atoms with E-state index in [0.717, 1.165) is 25.3 Å². The average molecular weight is 127 g/mol. The average Bonchev–Trinajstić information content (AvgIpc) is 2.15. The first-order chi connectivity index (χ1) is 4.29. The molecule has 1 heterocycles. The van der Waals surface area contributed by atoms with E-state index in [-0.39, 0.29) is 6.04 Å². The lowest BCUT2D eigenvalue weighted by Crippen LogP contribution is -2.26. The molecule has 1 atom stereocenters. The third kappa shape index (κ3) is 2.01. The molecule has 3 heteroatoms. The largest absolute Gasteiger partial charge is 0.372 e. The molecule has 0 fully saturated rings. The first-order valence-electron chi connectivity index (χ1n) is 3.32. The first-order valence-corrected chi connectivity index (χ1v) is 3.32. The number of rotatable bonds is 2. The molecule has 1 unspecified atom stereocenters. The van der Waals surface area contributed by atoms with E-state index in [2.05, 4.69) is 10.3 Å². The molecule has 3 nitrogen and oxygen atoms in total. The highest BCUT2D eigenvalue weighted by Crippen LogP contribution is 1.92. The predicted octanol–water partition coefficient (Wildman–Crippen LogP) is -0.275. The van der Waals surface area contributed by atoms with Crippen molar-refractivity contribution in [2.45, 2.75) is 19.4 Å². The number of aliphatic imine (C=N–C) groups is 1. The molecule has 3 N–H and O–H groups in total. The van der Waals surface area contributed by atoms with Gasteiger partial charge in [-0.15, -0.1) is 0 Å². The van der Waals surface area contributed by atoms with Crippen LogP contribution in [0, 0.1) is 0 Å². The van der Waals surface area contributed by atoms with E-state index in [1.54, 1.807) is 0 Å². The van der Waals surface area contributed by atoms with Crippen LogP contribution in [0.5, 0.6) is 0 Å². The van der Waals surface area contributed by atoms with Crippen molar-refractivity contribution < 1.29 is 0 Å². The number of nitrogens with two attached hydrogens (primary N) is 1. The quantitative estimate of drug-likeness (QED) is 0.536. The van der Waals surface area contributed by atoms with Crippen molar-refractivity contribution in [2.75, 3.05) is 13.1 Å². The normalized spacial score (nSPS) is 20.9. The number of amidine groups is 1. The van der Waals surface area contributed by atoms with Gasteiger partial charge in [-0.25, -0.2) is 0 Å². The molecule has 1 aliphatic heterocycles. The van der Waals surface area contributed by atoms with Gasteiger partial charge in [0.15, 0.2) is 0 Å². The van der Waals surface area contributed by atoms with E-state index < -0.39 is 0 Å². The van der Waals surface area contributed by atoms with Gasteiger partial charge in [0.05, 0.1) is 12.4 Å². The lowest BCUT2D eigenvalue weighted by Gasteiger charge is -2.03. The van der Waals surface area contributed by atoms with Gasteiger partial charge in [0.1, 0.15) is 0 Å². The molecule has 9 heavy (non-hydrogen) atoms. The second-order valence-electron chi connectivity index (χ2n) is 2.44. The van der Waals surface area contributed by atoms with Crippen molar-refractivity contribution in [1.82, 2.24) is 5.32 Å². The van der Waals surface area contributed by atoms with Crippen molar-refractivity contribution in [3.8, 4) is 0 Å². The summed E-state index contributed by atoms with van der Waals surface area (Å²) in [6.07, 6.45) is 0.889. The standard InChI is InChI=1S/C6H13N3/c1-5(7)4-6-8-2-3-9-6/h5H,2-4,7H2,1H3,(H,8,9). The number of hydrogen-bond donors (Lipinski definition) is 2. The van der Waals surface area contributed by atoms with Gasteiger partial charge in [0.2, 0.25) is 0 Å². The van der Waals surface area contributed by atoms with Crippen molar-refractivity contribution in [2.24, 2.45) is 10.7 Å². The smallest absolute Gasteiger partial charge is 0.0979 e. The molecule has 0 aromatic carbocycles. The van der Waals surface area contributed by atoms with Crippen LogP contribution in [0.2, 0.25) is 0 Å². The summed E-state index contributed by atoms with van der Waals surface area (Å²) >= 11 is 0. The third-order valence-electron chi connectivity index (χ3n) is 1.26. The lowest BCUT2D eigenvalue weighted by atomic mass is 10.2. The summed E-state index contributed by atoms with van der Waals surface area (Å²) < 4.78 is 0. The molecule has 0 aromatic rings. The Labute approximate surface area is 55.3 Å². The van der Waals surface area contributed by atoms with Gasteiger partial charge in [-0.2, -0.15) is 0 Å². The molecular formula is C6H13N3. The van der Waals surface area contributed by atoms with E-state index in [1.807, 2.05) is 6.92 Å². The minimum atomic E-state index is 0.231. The Morgan fingerprint density at radius 1 is 1.89 bits per heavy atom. The Morgan fingerprint density at radius 3 is 3.11 bits per heavy atom. The van der Waals surface area contributed by atoms with Gasteiger partial charge in [-0.05, 0) is 6.92 Å². The van der Waals surface area contributed by atoms with Crippen LogP contribution in [0.3, 0.4) is 0 Å². The molecule has 0 aromatic heterocycles. The maximum absolute atomic E-state index is 5.55. The van der Waals surface area contributed by atoms with E-state index in [1.165, 1.54) is 0 Å². The zero-order valence-electron chi connectivity index (χ0n) is 5.72. The van der Waals surface area contributed by atoms with Gasteiger partial charge < -0.3 is 11.1 Å². The summed E-state index contributed by atoms with van der Waals surface area (Å²) in [6.45, 7) is 3.90. The molecule has 0 saturated carbocycles. The Bertz CT molecular complexity index is 117. The monoisotopic (exact) mass is 127 g/mol. The van der Waals surface area contributed by atoms with E-state index >= 15 is 0 Å². The van der Waals surface area contributed by atoms with Crippen molar-refractivity contribution >= 4 is 5.84 Å². The molecule has 0 bridgehead atoms. The molecule has 0 radical (unpaired) electrons. The Balaban J connectivity index is 2.26. The molecule has 0 aliphatic carbocycles. The number of hydrogen-bond acceptors (Lipinski definition) is 3. The van der Waals surface area contributed by atoms with Crippen LogP contribution in [0.15, 0.2) is 4.99 Å². The van der Waals surface area contributed by atoms with E-state index in [9.17, 15) is 0 Å². The minimum Gasteiger partial charge on any atom is -0.372 e. The molecule has 52 valence electrons. The van der Waals surface area contributed by atoms with Crippen LogP contribution in [0.25, 0.3) is 0 Å². The number of nitrogens with one attached hydrogen (secondary N) is 1. The summed E-state index contributed by atoms with van der Waals surface area (Å²) in [5.74, 6) is 1.07. The Hall–Kier alpha value is -0.570. The molecule has 0 amide bonds. The van der Waals surface area contributed by atoms with Crippen molar-refractivity contribution in [3.63, 3.8) is 0 Å². The summed E-state index contributed by atoms with van der Waals surface area (Å²) in [7, 11) is 0. The summed E-state index contributed by atoms with van der Waals surface area (Å²) in [6, 6.07) is 0.231. The van der Waals surface area contributed by atoms with Gasteiger partial charge in [0.25, 0.3) is 0 Å². The fourth-order valence-electron chi connectivity index (χ4n) is 0.889. The summed E-state index contributed by atoms with van der Waals surface area (Å²) in [5.41, 5.74) is 5.55. The molecule has 1 aliphatic rings. The highest BCUT2D eigenvalue weighted by atomic mass is 15.1. The molecule has 1 rings (SSSR count). The van der Waals surface area contributed by atoms with Gasteiger partial charge >= 0.3 is 0 Å². The third-order valence-corrected chi connectivity index (χ3v) is 1.26. The van der Waals surface area contributed by atoms with Crippen molar-refractivity contribution in [3.05, 3.63) is 0 Å². The van der Waals surface area contributed by atoms with Crippen LogP contribution in [-0.2, 0) is 0 Å². The second kappa shape index (κ2) is 2.82. The zero-order valence-corrected chi connectivity index (χ0v) is 5.72. The molecule has 0 saturated heterocycles. The zero-order chi connectivity index (χ0) is 6.69. The van der Waals surface area contributed by atoms with Crippen LogP contribution in [0.1, 0.15) is 13.3 Å². The number of nitrogens with zero attached hydrogens (tertiary/aromatic N) is 1. The Morgan fingerprint density at radius 2 is 2.67 bits per heavy atom. The maximum Gasteiger partial charge on any atom is 0.0979 e. The van der Waals surface area contributed by atoms with Gasteiger partial charge in [-0.3, -0.25) is 4.99 Å². The highest BCUT2D eigenvalue weighted by molar-refractivity contribution is 5.83. The van der Waals surface area contributed by atoms with Gasteiger partial charge in [0, 0.05) is 19.0 Å². The van der Waals surface area contributed by atoms with Gasteiger partial charge in [-0.1, -0.05) is 0 Å². The SMILES string of the molecule is CC(N)CC1=NCCN1. The van der Waals surface area contributed by atoms with E-state index in [4.69, 9.17) is 5.73 Å². The maximum atomic E-state index is 5.55. The van der Waals surface area contributed by atoms with E-state index in [0.29, 0.717) is 0 Å². The predicted molar refractivity (Wildman–Crippen MR) is 38.6 cm³/mol. The van der Waals surface area contributed by atoms with Crippen molar-refractivity contribution in [1.29, 1.82) is 0 Å². The van der Waals surface area contributed by atoms with Crippen LogP contribution < -0.4 is 11.1 Å². The summed E-state index contributed by atoms with van der Waals surface area (Å²) in [4.78, 5) is 4.20. The fraction of sp³-hybridized carbons (Fsp3) is 0.833. The minimum absolute atomic E-state index is 0.231. The first kappa shape index (κ1) is 6.55. The van der Waals surface area contributed by atoms with Crippen LogP contribution in [0.4, 0.5) is 0 Å². The van der Waals surface area contributed by atoms with Crippen LogP contribution in [-0.4, -0.2) is 25.0 Å². The topological polar surface area (TPSA) is 50.4 Å². The lowest BCUT2D eigenvalue weighted by molar-refractivity contribution is 0.766. The molecule has 0 spiro atoms. The highest BCUT2D eigenvalue weighted by Gasteiger charge is 2.05. The molecular weight excluding hydrogens is 114 g/mol. The Kier molecular flexibility index (Phi) is 2.05. The second-order valence-corrected chi connectivity index (χ2v) is 2.44. The van der Waals surface area contributed by atoms with Crippen LogP contribution >= 0.6 is 0 Å². The fourth-order valence-corrected chi connectivity index (χ4v) is 0.889. The summed E-state index contributed by atoms with van der Waals surface area (Å²) in [5, 5.41) is 3.16.